The number of hydrogen-bond acceptors (Lipinski definition) is 2. The van der Waals surface area contributed by atoms with E-state index in [1.54, 1.807) is 0 Å². The van der Waals surface area contributed by atoms with Gasteiger partial charge in [-0.1, -0.05) is 26.7 Å². The Morgan fingerprint density at radius 3 is 2.79 bits per heavy atom. The fourth-order valence-electron chi connectivity index (χ4n) is 2.37. The zero-order valence-corrected chi connectivity index (χ0v) is 9.94. The Hall–Kier alpha value is -0.0800. The second-order valence-corrected chi connectivity index (χ2v) is 4.47. The molecule has 0 saturated carbocycles. The van der Waals surface area contributed by atoms with Gasteiger partial charge < -0.3 is 10.1 Å². The van der Waals surface area contributed by atoms with E-state index in [-0.39, 0.29) is 5.60 Å². The van der Waals surface area contributed by atoms with E-state index in [9.17, 15) is 0 Å². The molecule has 0 radical (unpaired) electrons. The van der Waals surface area contributed by atoms with Gasteiger partial charge in [-0.15, -0.1) is 0 Å². The Morgan fingerprint density at radius 1 is 1.43 bits per heavy atom. The quantitative estimate of drug-likeness (QED) is 0.735. The van der Waals surface area contributed by atoms with Crippen molar-refractivity contribution in [2.24, 2.45) is 0 Å². The summed E-state index contributed by atoms with van der Waals surface area (Å²) >= 11 is 0. The van der Waals surface area contributed by atoms with Crippen LogP contribution < -0.4 is 5.32 Å². The molecule has 0 aromatic rings. The highest BCUT2D eigenvalue weighted by Gasteiger charge is 2.34. The molecule has 1 aliphatic heterocycles. The van der Waals surface area contributed by atoms with E-state index in [4.69, 9.17) is 4.74 Å². The van der Waals surface area contributed by atoms with Gasteiger partial charge in [-0.25, -0.2) is 0 Å². The zero-order valence-electron chi connectivity index (χ0n) is 9.94. The molecule has 0 bridgehead atoms. The molecule has 1 rings (SSSR count). The normalized spacial score (nSPS) is 33.2. The molecule has 14 heavy (non-hydrogen) atoms. The Bertz CT molecular complexity index is 160. The van der Waals surface area contributed by atoms with Gasteiger partial charge >= 0.3 is 0 Å². The predicted molar refractivity (Wildman–Crippen MR) is 60.6 cm³/mol. The Morgan fingerprint density at radius 2 is 2.21 bits per heavy atom. The van der Waals surface area contributed by atoms with Gasteiger partial charge in [0.1, 0.15) is 0 Å². The molecule has 1 saturated heterocycles. The highest BCUT2D eigenvalue weighted by Crippen LogP contribution is 2.32. The van der Waals surface area contributed by atoms with Gasteiger partial charge in [0.25, 0.3) is 0 Å². The van der Waals surface area contributed by atoms with E-state index in [2.05, 4.69) is 26.2 Å². The molecule has 1 heterocycles. The zero-order chi connectivity index (χ0) is 10.4. The lowest BCUT2D eigenvalue weighted by molar-refractivity contribution is -0.0960. The van der Waals surface area contributed by atoms with Gasteiger partial charge in [0.05, 0.1) is 5.60 Å². The molecule has 2 heteroatoms. The molecule has 1 aliphatic rings. The maximum Gasteiger partial charge on any atom is 0.0694 e. The van der Waals surface area contributed by atoms with Crippen LogP contribution in [0.3, 0.4) is 0 Å². The SMILES string of the molecule is CCCCC1(CC)CC(NC)CCO1. The summed E-state index contributed by atoms with van der Waals surface area (Å²) in [6, 6.07) is 0.667. The van der Waals surface area contributed by atoms with Crippen molar-refractivity contribution >= 4 is 0 Å². The standard InChI is InChI=1S/C12H25NO/c1-4-6-8-12(5-2)10-11(13-3)7-9-14-12/h11,13H,4-10H2,1-3H3. The van der Waals surface area contributed by atoms with Crippen LogP contribution in [0.4, 0.5) is 0 Å². The van der Waals surface area contributed by atoms with Crippen molar-refractivity contribution in [1.82, 2.24) is 5.32 Å². The summed E-state index contributed by atoms with van der Waals surface area (Å²) < 4.78 is 6.01. The monoisotopic (exact) mass is 199 g/mol. The van der Waals surface area contributed by atoms with Crippen LogP contribution in [-0.2, 0) is 4.74 Å². The van der Waals surface area contributed by atoms with Crippen molar-refractivity contribution in [3.05, 3.63) is 0 Å². The van der Waals surface area contributed by atoms with Crippen LogP contribution in [0.1, 0.15) is 52.4 Å². The molecular weight excluding hydrogens is 174 g/mol. The van der Waals surface area contributed by atoms with Crippen LogP contribution in [-0.4, -0.2) is 25.3 Å². The second kappa shape index (κ2) is 5.72. The van der Waals surface area contributed by atoms with Crippen LogP contribution >= 0.6 is 0 Å². The van der Waals surface area contributed by atoms with Gasteiger partial charge in [0, 0.05) is 12.6 Å². The van der Waals surface area contributed by atoms with Gasteiger partial charge in [0.2, 0.25) is 0 Å². The van der Waals surface area contributed by atoms with Crippen molar-refractivity contribution in [3.63, 3.8) is 0 Å². The van der Waals surface area contributed by atoms with Crippen molar-refractivity contribution in [1.29, 1.82) is 0 Å². The number of rotatable bonds is 5. The molecule has 0 aliphatic carbocycles. The van der Waals surface area contributed by atoms with Gasteiger partial charge in [-0.05, 0) is 32.7 Å². The summed E-state index contributed by atoms with van der Waals surface area (Å²) in [7, 11) is 2.07. The molecule has 0 amide bonds. The number of ether oxygens (including phenoxy) is 1. The van der Waals surface area contributed by atoms with Crippen molar-refractivity contribution in [3.8, 4) is 0 Å². The maximum absolute atomic E-state index is 6.01. The minimum atomic E-state index is 0.182. The molecule has 2 nitrogen and oxygen atoms in total. The minimum absolute atomic E-state index is 0.182. The van der Waals surface area contributed by atoms with E-state index in [0.29, 0.717) is 6.04 Å². The van der Waals surface area contributed by atoms with E-state index < -0.39 is 0 Å². The topological polar surface area (TPSA) is 21.3 Å². The third-order valence-corrected chi connectivity index (χ3v) is 3.53. The van der Waals surface area contributed by atoms with E-state index >= 15 is 0 Å². The number of hydrogen-bond donors (Lipinski definition) is 1. The summed E-state index contributed by atoms with van der Waals surface area (Å²) in [4.78, 5) is 0. The van der Waals surface area contributed by atoms with Gasteiger partial charge in [0.15, 0.2) is 0 Å². The first kappa shape index (κ1) is 12.0. The molecule has 0 aromatic carbocycles. The van der Waals surface area contributed by atoms with E-state index in [0.717, 1.165) is 13.0 Å². The van der Waals surface area contributed by atoms with Crippen molar-refractivity contribution in [2.45, 2.75) is 64.0 Å². The van der Waals surface area contributed by atoms with E-state index in [1.807, 2.05) is 0 Å². The molecule has 1 fully saturated rings. The molecule has 0 spiro atoms. The Kier molecular flexibility index (Phi) is 4.90. The first-order valence-corrected chi connectivity index (χ1v) is 6.07. The van der Waals surface area contributed by atoms with Gasteiger partial charge in [-0.2, -0.15) is 0 Å². The fourth-order valence-corrected chi connectivity index (χ4v) is 2.37. The second-order valence-electron chi connectivity index (χ2n) is 4.47. The summed E-state index contributed by atoms with van der Waals surface area (Å²) in [5.41, 5.74) is 0.182. The summed E-state index contributed by atoms with van der Waals surface area (Å²) in [6.07, 6.45) is 7.33. The average molecular weight is 199 g/mol. The molecule has 2 unspecified atom stereocenters. The third-order valence-electron chi connectivity index (χ3n) is 3.53. The lowest BCUT2D eigenvalue weighted by atomic mass is 9.84. The molecule has 0 aromatic heterocycles. The average Bonchev–Trinajstić information content (AvgIpc) is 2.26. The van der Waals surface area contributed by atoms with E-state index in [1.165, 1.54) is 32.1 Å². The summed E-state index contributed by atoms with van der Waals surface area (Å²) in [6.45, 7) is 5.44. The number of unbranched alkanes of at least 4 members (excludes halogenated alkanes) is 1. The predicted octanol–water partition coefficient (Wildman–Crippen LogP) is 2.72. The first-order valence-electron chi connectivity index (χ1n) is 6.07. The smallest absolute Gasteiger partial charge is 0.0694 e. The molecule has 1 N–H and O–H groups in total. The molecular formula is C12H25NO. The van der Waals surface area contributed by atoms with Crippen molar-refractivity contribution in [2.75, 3.05) is 13.7 Å². The fraction of sp³-hybridized carbons (Fsp3) is 1.00. The highest BCUT2D eigenvalue weighted by atomic mass is 16.5. The van der Waals surface area contributed by atoms with Crippen LogP contribution in [0, 0.1) is 0 Å². The lowest BCUT2D eigenvalue weighted by Gasteiger charge is -2.40. The van der Waals surface area contributed by atoms with Crippen molar-refractivity contribution < 1.29 is 4.74 Å². The largest absolute Gasteiger partial charge is 0.375 e. The highest BCUT2D eigenvalue weighted by molar-refractivity contribution is 4.88. The van der Waals surface area contributed by atoms with Crippen LogP contribution in [0.2, 0.25) is 0 Å². The Balaban J connectivity index is 2.49. The van der Waals surface area contributed by atoms with Crippen LogP contribution in [0.5, 0.6) is 0 Å². The summed E-state index contributed by atoms with van der Waals surface area (Å²) in [5, 5.41) is 3.39. The third kappa shape index (κ3) is 2.96. The lowest BCUT2D eigenvalue weighted by Crippen LogP contribution is -2.45. The minimum Gasteiger partial charge on any atom is -0.375 e. The number of nitrogens with one attached hydrogen (secondary N) is 1. The molecule has 84 valence electrons. The Labute approximate surface area is 88.4 Å². The molecule has 2 atom stereocenters. The van der Waals surface area contributed by atoms with Crippen LogP contribution in [0.25, 0.3) is 0 Å². The first-order chi connectivity index (χ1) is 6.76. The summed E-state index contributed by atoms with van der Waals surface area (Å²) in [5.74, 6) is 0. The maximum atomic E-state index is 6.01. The van der Waals surface area contributed by atoms with Crippen LogP contribution in [0.15, 0.2) is 0 Å². The van der Waals surface area contributed by atoms with Gasteiger partial charge in [-0.3, -0.25) is 0 Å².